The number of ketones is 1. The van der Waals surface area contributed by atoms with Crippen molar-refractivity contribution in [2.75, 3.05) is 11.5 Å². The largest absolute Gasteiger partial charge is 0.294 e. The van der Waals surface area contributed by atoms with Gasteiger partial charge in [0, 0.05) is 17.7 Å². The van der Waals surface area contributed by atoms with Crippen molar-refractivity contribution in [3.8, 4) is 0 Å². The fraction of sp³-hybridized carbons (Fsp3) is 0.500. The minimum atomic E-state index is -2.96. The van der Waals surface area contributed by atoms with E-state index in [-0.39, 0.29) is 17.3 Å². The second kappa shape index (κ2) is 6.69. The van der Waals surface area contributed by atoms with Gasteiger partial charge in [0.1, 0.15) is 9.84 Å². The SMILES string of the molecule is CCc1ccc(C(=O)CCCS(=O)(=O)CC)cc1. The lowest BCUT2D eigenvalue weighted by Crippen LogP contribution is -2.10. The zero-order valence-electron chi connectivity index (χ0n) is 11.0. The molecule has 0 spiro atoms. The van der Waals surface area contributed by atoms with Gasteiger partial charge in [-0.25, -0.2) is 8.42 Å². The Bertz CT molecular complexity index is 486. The van der Waals surface area contributed by atoms with Crippen LogP contribution in [0.1, 0.15) is 42.6 Å². The first-order valence-electron chi connectivity index (χ1n) is 6.31. The molecule has 0 bridgehead atoms. The van der Waals surface area contributed by atoms with Gasteiger partial charge in [-0.15, -0.1) is 0 Å². The van der Waals surface area contributed by atoms with E-state index in [1.165, 1.54) is 5.56 Å². The molecule has 0 aliphatic heterocycles. The summed E-state index contributed by atoms with van der Waals surface area (Å²) in [5, 5.41) is 0. The molecule has 0 saturated carbocycles. The third kappa shape index (κ3) is 4.61. The minimum Gasteiger partial charge on any atom is -0.294 e. The van der Waals surface area contributed by atoms with Crippen molar-refractivity contribution in [1.82, 2.24) is 0 Å². The van der Waals surface area contributed by atoms with Crippen molar-refractivity contribution < 1.29 is 13.2 Å². The van der Waals surface area contributed by atoms with Crippen LogP contribution in [0.25, 0.3) is 0 Å². The van der Waals surface area contributed by atoms with Crippen LogP contribution in [0, 0.1) is 0 Å². The number of rotatable bonds is 7. The maximum absolute atomic E-state index is 11.8. The molecular weight excluding hydrogens is 248 g/mol. The van der Waals surface area contributed by atoms with Crippen LogP contribution in [0.3, 0.4) is 0 Å². The van der Waals surface area contributed by atoms with E-state index in [1.807, 2.05) is 24.3 Å². The molecule has 0 aliphatic carbocycles. The summed E-state index contributed by atoms with van der Waals surface area (Å²) in [4.78, 5) is 11.8. The Labute approximate surface area is 109 Å². The summed E-state index contributed by atoms with van der Waals surface area (Å²) in [5.41, 5.74) is 1.86. The molecule has 0 unspecified atom stereocenters. The molecule has 4 heteroatoms. The molecule has 0 amide bonds. The summed E-state index contributed by atoms with van der Waals surface area (Å²) in [6.07, 6.45) is 1.65. The molecule has 0 aliphatic rings. The lowest BCUT2D eigenvalue weighted by atomic mass is 10.0. The molecule has 0 atom stereocenters. The van der Waals surface area contributed by atoms with E-state index in [0.717, 1.165) is 6.42 Å². The molecule has 0 saturated heterocycles. The zero-order chi connectivity index (χ0) is 13.6. The van der Waals surface area contributed by atoms with E-state index in [0.29, 0.717) is 18.4 Å². The lowest BCUT2D eigenvalue weighted by Gasteiger charge is -2.03. The highest BCUT2D eigenvalue weighted by atomic mass is 32.2. The summed E-state index contributed by atoms with van der Waals surface area (Å²) in [7, 11) is -2.96. The van der Waals surface area contributed by atoms with Gasteiger partial charge in [0.05, 0.1) is 5.75 Å². The Hall–Kier alpha value is -1.16. The normalized spacial score (nSPS) is 11.4. The first-order chi connectivity index (χ1) is 8.48. The number of hydrogen-bond acceptors (Lipinski definition) is 3. The van der Waals surface area contributed by atoms with Crippen LogP contribution in [0.2, 0.25) is 0 Å². The van der Waals surface area contributed by atoms with E-state index in [9.17, 15) is 13.2 Å². The fourth-order valence-electron chi connectivity index (χ4n) is 1.67. The van der Waals surface area contributed by atoms with Crippen LogP contribution in [-0.4, -0.2) is 25.7 Å². The zero-order valence-corrected chi connectivity index (χ0v) is 11.8. The number of benzene rings is 1. The van der Waals surface area contributed by atoms with Gasteiger partial charge >= 0.3 is 0 Å². The quantitative estimate of drug-likeness (QED) is 0.714. The Morgan fingerprint density at radius 2 is 1.72 bits per heavy atom. The second-order valence-corrected chi connectivity index (χ2v) is 6.79. The monoisotopic (exact) mass is 268 g/mol. The maximum Gasteiger partial charge on any atom is 0.162 e. The number of sulfone groups is 1. The third-order valence-electron chi connectivity index (χ3n) is 2.98. The first-order valence-corrected chi connectivity index (χ1v) is 8.13. The van der Waals surface area contributed by atoms with E-state index >= 15 is 0 Å². The molecule has 0 aromatic heterocycles. The Balaban J connectivity index is 2.50. The van der Waals surface area contributed by atoms with Gasteiger partial charge in [-0.05, 0) is 18.4 Å². The van der Waals surface area contributed by atoms with E-state index in [4.69, 9.17) is 0 Å². The molecule has 1 aromatic rings. The highest BCUT2D eigenvalue weighted by Gasteiger charge is 2.10. The summed E-state index contributed by atoms with van der Waals surface area (Å²) >= 11 is 0. The van der Waals surface area contributed by atoms with Gasteiger partial charge in [0.15, 0.2) is 5.78 Å². The predicted molar refractivity (Wildman–Crippen MR) is 73.7 cm³/mol. The molecule has 0 N–H and O–H groups in total. The van der Waals surface area contributed by atoms with Crippen LogP contribution in [-0.2, 0) is 16.3 Å². The van der Waals surface area contributed by atoms with Crippen molar-refractivity contribution in [1.29, 1.82) is 0 Å². The average molecular weight is 268 g/mol. The van der Waals surface area contributed by atoms with Crippen molar-refractivity contribution in [3.63, 3.8) is 0 Å². The lowest BCUT2D eigenvalue weighted by molar-refractivity contribution is 0.0982. The Morgan fingerprint density at radius 1 is 1.11 bits per heavy atom. The summed E-state index contributed by atoms with van der Waals surface area (Å²) in [5.74, 6) is 0.262. The van der Waals surface area contributed by atoms with E-state index < -0.39 is 9.84 Å². The number of carbonyl (C=O) groups excluding carboxylic acids is 1. The second-order valence-electron chi connectivity index (χ2n) is 4.31. The average Bonchev–Trinajstić information content (AvgIpc) is 2.38. The van der Waals surface area contributed by atoms with E-state index in [2.05, 4.69) is 6.92 Å². The van der Waals surface area contributed by atoms with Gasteiger partial charge in [-0.2, -0.15) is 0 Å². The molecule has 100 valence electrons. The van der Waals surface area contributed by atoms with E-state index in [1.54, 1.807) is 6.92 Å². The molecule has 1 rings (SSSR count). The number of Topliss-reactive ketones (excluding diaryl/α,β-unsaturated/α-hetero) is 1. The molecule has 0 radical (unpaired) electrons. The standard InChI is InChI=1S/C14H20O3S/c1-3-12-7-9-13(10-8-12)14(15)6-5-11-18(16,17)4-2/h7-10H,3-6,11H2,1-2H3. The van der Waals surface area contributed by atoms with Crippen molar-refractivity contribution in [2.24, 2.45) is 0 Å². The molecule has 0 fully saturated rings. The summed E-state index contributed by atoms with van der Waals surface area (Å²) in [6.45, 7) is 3.69. The molecular formula is C14H20O3S. The smallest absolute Gasteiger partial charge is 0.162 e. The van der Waals surface area contributed by atoms with Gasteiger partial charge in [-0.1, -0.05) is 38.1 Å². The van der Waals surface area contributed by atoms with Crippen LogP contribution >= 0.6 is 0 Å². The highest BCUT2D eigenvalue weighted by molar-refractivity contribution is 7.91. The van der Waals surface area contributed by atoms with Gasteiger partial charge in [0.2, 0.25) is 0 Å². The summed E-state index contributed by atoms with van der Waals surface area (Å²) in [6, 6.07) is 7.51. The van der Waals surface area contributed by atoms with Gasteiger partial charge in [-0.3, -0.25) is 4.79 Å². The number of aryl methyl sites for hydroxylation is 1. The molecule has 18 heavy (non-hydrogen) atoms. The topological polar surface area (TPSA) is 51.2 Å². The van der Waals surface area contributed by atoms with Gasteiger partial charge in [0.25, 0.3) is 0 Å². The van der Waals surface area contributed by atoms with Crippen LogP contribution in [0.5, 0.6) is 0 Å². The summed E-state index contributed by atoms with van der Waals surface area (Å²) < 4.78 is 22.6. The first kappa shape index (κ1) is 14.9. The minimum absolute atomic E-state index is 0.0176. The molecule has 0 heterocycles. The number of hydrogen-bond donors (Lipinski definition) is 0. The third-order valence-corrected chi connectivity index (χ3v) is 4.77. The van der Waals surface area contributed by atoms with Crippen LogP contribution < -0.4 is 0 Å². The van der Waals surface area contributed by atoms with Crippen LogP contribution in [0.15, 0.2) is 24.3 Å². The molecule has 1 aromatic carbocycles. The van der Waals surface area contributed by atoms with Crippen molar-refractivity contribution in [2.45, 2.75) is 33.1 Å². The Morgan fingerprint density at radius 3 is 2.22 bits per heavy atom. The maximum atomic E-state index is 11.8. The van der Waals surface area contributed by atoms with Crippen LogP contribution in [0.4, 0.5) is 0 Å². The molecule has 3 nitrogen and oxygen atoms in total. The van der Waals surface area contributed by atoms with Crippen molar-refractivity contribution in [3.05, 3.63) is 35.4 Å². The fourth-order valence-corrected chi connectivity index (χ4v) is 2.54. The number of carbonyl (C=O) groups is 1. The predicted octanol–water partition coefficient (Wildman–Crippen LogP) is 2.65. The van der Waals surface area contributed by atoms with Crippen molar-refractivity contribution >= 4 is 15.6 Å². The Kier molecular flexibility index (Phi) is 5.54. The van der Waals surface area contributed by atoms with Gasteiger partial charge < -0.3 is 0 Å². The highest BCUT2D eigenvalue weighted by Crippen LogP contribution is 2.09.